The number of carbonyl (C=O) groups is 1. The highest BCUT2D eigenvalue weighted by atomic mass is 16.2. The molecule has 2 fully saturated rings. The van der Waals surface area contributed by atoms with Crippen LogP contribution in [0.4, 0.5) is 16.4 Å². The van der Waals surface area contributed by atoms with Crippen molar-refractivity contribution in [2.24, 2.45) is 0 Å². The van der Waals surface area contributed by atoms with E-state index in [1.165, 1.54) is 5.56 Å². The maximum absolute atomic E-state index is 11.7. The second-order valence-electron chi connectivity index (χ2n) is 5.50. The van der Waals surface area contributed by atoms with Crippen LogP contribution in [0, 0.1) is 0 Å². The summed E-state index contributed by atoms with van der Waals surface area (Å²) in [5, 5.41) is 6.07. The van der Waals surface area contributed by atoms with Gasteiger partial charge >= 0.3 is 6.03 Å². The second-order valence-corrected chi connectivity index (χ2v) is 5.50. The molecule has 21 heavy (non-hydrogen) atoms. The molecule has 0 aliphatic carbocycles. The molecule has 2 saturated heterocycles. The maximum atomic E-state index is 11.7. The monoisotopic (exact) mass is 290 g/mol. The van der Waals surface area contributed by atoms with E-state index < -0.39 is 0 Å². The number of carbonyl (C=O) groups excluding carboxylic acids is 1. The van der Waals surface area contributed by atoms with Gasteiger partial charge in [-0.2, -0.15) is 0 Å². The molecule has 7 nitrogen and oxygen atoms in total. The van der Waals surface area contributed by atoms with Crippen LogP contribution in [0.25, 0.3) is 0 Å². The molecule has 1 unspecified atom stereocenters. The van der Waals surface area contributed by atoms with Gasteiger partial charge in [0.05, 0.1) is 6.04 Å². The molecule has 1 aromatic rings. The summed E-state index contributed by atoms with van der Waals surface area (Å²) in [4.78, 5) is 24.7. The minimum absolute atomic E-state index is 0.0621. The molecule has 0 bridgehead atoms. The first-order chi connectivity index (χ1) is 10.2. The molecule has 0 saturated carbocycles. The van der Waals surface area contributed by atoms with Crippen molar-refractivity contribution in [2.45, 2.75) is 25.8 Å². The van der Waals surface area contributed by atoms with E-state index in [2.05, 4.69) is 32.4 Å². The molecule has 3 heterocycles. The summed E-state index contributed by atoms with van der Waals surface area (Å²) in [7, 11) is 1.89. The lowest BCUT2D eigenvalue weighted by Gasteiger charge is -2.38. The summed E-state index contributed by atoms with van der Waals surface area (Å²) in [5.41, 5.74) is 1.17. The zero-order valence-corrected chi connectivity index (χ0v) is 12.6. The van der Waals surface area contributed by atoms with Crippen molar-refractivity contribution in [1.29, 1.82) is 0 Å². The zero-order chi connectivity index (χ0) is 14.8. The molecule has 0 spiro atoms. The predicted molar refractivity (Wildman–Crippen MR) is 81.7 cm³/mol. The maximum Gasteiger partial charge on any atom is 0.317 e. The van der Waals surface area contributed by atoms with E-state index >= 15 is 0 Å². The minimum Gasteiger partial charge on any atom is -0.373 e. The van der Waals surface area contributed by atoms with Crippen LogP contribution in [0.3, 0.4) is 0 Å². The summed E-state index contributed by atoms with van der Waals surface area (Å²) < 4.78 is 0. The third-order valence-electron chi connectivity index (χ3n) is 4.19. The number of hydrogen-bond acceptors (Lipinski definition) is 5. The molecule has 1 atom stereocenters. The fraction of sp³-hybridized carbons (Fsp3) is 0.643. The summed E-state index contributed by atoms with van der Waals surface area (Å²) in [6.45, 7) is 5.29. The van der Waals surface area contributed by atoms with Crippen molar-refractivity contribution in [3.8, 4) is 0 Å². The third kappa shape index (κ3) is 2.48. The van der Waals surface area contributed by atoms with Crippen molar-refractivity contribution >= 4 is 17.7 Å². The number of nitrogens with one attached hydrogen (secondary N) is 2. The van der Waals surface area contributed by atoms with Gasteiger partial charge in [0.15, 0.2) is 0 Å². The molecule has 0 radical (unpaired) electrons. The van der Waals surface area contributed by atoms with Crippen LogP contribution in [0.5, 0.6) is 0 Å². The first kappa shape index (κ1) is 13.9. The van der Waals surface area contributed by atoms with Gasteiger partial charge in [0, 0.05) is 38.8 Å². The van der Waals surface area contributed by atoms with Crippen molar-refractivity contribution in [1.82, 2.24) is 20.2 Å². The smallest absolute Gasteiger partial charge is 0.317 e. The fourth-order valence-corrected chi connectivity index (χ4v) is 3.17. The van der Waals surface area contributed by atoms with Crippen LogP contribution in [-0.4, -0.2) is 60.2 Å². The van der Waals surface area contributed by atoms with Crippen molar-refractivity contribution < 1.29 is 4.79 Å². The van der Waals surface area contributed by atoms with Crippen LogP contribution in [0.15, 0.2) is 6.33 Å². The van der Waals surface area contributed by atoms with Gasteiger partial charge in [-0.1, -0.05) is 13.3 Å². The van der Waals surface area contributed by atoms with Crippen LogP contribution < -0.4 is 15.5 Å². The van der Waals surface area contributed by atoms with Gasteiger partial charge in [0.25, 0.3) is 0 Å². The Morgan fingerprint density at radius 2 is 2.29 bits per heavy atom. The standard InChI is InChI=1S/C14H22N6O/c1-3-4-11-12(15-2)17-9-18-13(11)19-5-6-20-10(8-19)7-16-14(20)21/h9-10H,3-8H2,1-2H3,(H,16,21)(H,15,17,18). The van der Waals surface area contributed by atoms with Gasteiger partial charge < -0.3 is 20.4 Å². The number of aromatic nitrogens is 2. The molecule has 2 N–H and O–H groups in total. The van der Waals surface area contributed by atoms with E-state index in [1.807, 2.05) is 11.9 Å². The Hall–Kier alpha value is -2.05. The molecule has 114 valence electrons. The van der Waals surface area contributed by atoms with Crippen LogP contribution in [0.1, 0.15) is 18.9 Å². The highest BCUT2D eigenvalue weighted by Gasteiger charge is 2.36. The first-order valence-electron chi connectivity index (χ1n) is 7.55. The summed E-state index contributed by atoms with van der Waals surface area (Å²) >= 11 is 0. The number of nitrogens with zero attached hydrogens (tertiary/aromatic N) is 4. The van der Waals surface area contributed by atoms with E-state index in [9.17, 15) is 4.79 Å². The van der Waals surface area contributed by atoms with Gasteiger partial charge in [-0.3, -0.25) is 0 Å². The van der Waals surface area contributed by atoms with E-state index in [1.54, 1.807) is 6.33 Å². The normalized spacial score (nSPS) is 21.2. The highest BCUT2D eigenvalue weighted by molar-refractivity contribution is 5.77. The number of rotatable bonds is 4. The number of hydrogen-bond donors (Lipinski definition) is 2. The largest absolute Gasteiger partial charge is 0.373 e. The average Bonchev–Trinajstić information content (AvgIpc) is 2.88. The summed E-state index contributed by atoms with van der Waals surface area (Å²) in [6, 6.07) is 0.306. The number of anilines is 2. The summed E-state index contributed by atoms with van der Waals surface area (Å²) in [5.74, 6) is 1.92. The molecule has 2 amide bonds. The van der Waals surface area contributed by atoms with E-state index in [0.717, 1.165) is 50.7 Å². The lowest BCUT2D eigenvalue weighted by atomic mass is 10.1. The number of fused-ring (bicyclic) bond motifs is 1. The lowest BCUT2D eigenvalue weighted by Crippen LogP contribution is -2.52. The first-order valence-corrected chi connectivity index (χ1v) is 7.55. The molecule has 0 aromatic carbocycles. The third-order valence-corrected chi connectivity index (χ3v) is 4.19. The zero-order valence-electron chi connectivity index (χ0n) is 12.6. The average molecular weight is 290 g/mol. The molecular formula is C14H22N6O. The van der Waals surface area contributed by atoms with Crippen molar-refractivity contribution in [3.63, 3.8) is 0 Å². The topological polar surface area (TPSA) is 73.4 Å². The summed E-state index contributed by atoms with van der Waals surface area (Å²) in [6.07, 6.45) is 3.62. The molecular weight excluding hydrogens is 268 g/mol. The second kappa shape index (κ2) is 5.75. The van der Waals surface area contributed by atoms with Gasteiger partial charge in [-0.25, -0.2) is 14.8 Å². The van der Waals surface area contributed by atoms with E-state index in [4.69, 9.17) is 0 Å². The molecule has 3 rings (SSSR count). The Labute approximate surface area is 124 Å². The van der Waals surface area contributed by atoms with E-state index in [-0.39, 0.29) is 12.1 Å². The number of amides is 2. The Bertz CT molecular complexity index is 534. The predicted octanol–water partition coefficient (Wildman–Crippen LogP) is 0.685. The van der Waals surface area contributed by atoms with Gasteiger partial charge in [-0.05, 0) is 6.42 Å². The molecule has 1 aromatic heterocycles. The van der Waals surface area contributed by atoms with Gasteiger partial charge in [-0.15, -0.1) is 0 Å². The molecule has 2 aliphatic rings. The Morgan fingerprint density at radius 3 is 3.05 bits per heavy atom. The quantitative estimate of drug-likeness (QED) is 0.853. The van der Waals surface area contributed by atoms with Crippen LogP contribution in [0.2, 0.25) is 0 Å². The molecule has 2 aliphatic heterocycles. The number of piperazine rings is 1. The Kier molecular flexibility index (Phi) is 3.81. The highest BCUT2D eigenvalue weighted by Crippen LogP contribution is 2.27. The van der Waals surface area contributed by atoms with Crippen molar-refractivity contribution in [3.05, 3.63) is 11.9 Å². The van der Waals surface area contributed by atoms with Crippen LogP contribution in [-0.2, 0) is 6.42 Å². The lowest BCUT2D eigenvalue weighted by molar-refractivity contribution is 0.197. The van der Waals surface area contributed by atoms with E-state index in [0.29, 0.717) is 0 Å². The van der Waals surface area contributed by atoms with Crippen molar-refractivity contribution in [2.75, 3.05) is 43.4 Å². The van der Waals surface area contributed by atoms with Crippen LogP contribution >= 0.6 is 0 Å². The Balaban J connectivity index is 1.85. The molecule has 7 heteroatoms. The SMILES string of the molecule is CCCc1c(NC)ncnc1N1CCN2C(=O)NCC2C1. The van der Waals surface area contributed by atoms with Gasteiger partial charge in [0.2, 0.25) is 0 Å². The fourth-order valence-electron chi connectivity index (χ4n) is 3.17. The van der Waals surface area contributed by atoms with Gasteiger partial charge in [0.1, 0.15) is 18.0 Å². The Morgan fingerprint density at radius 1 is 1.43 bits per heavy atom. The minimum atomic E-state index is 0.0621. The number of urea groups is 1.